The van der Waals surface area contributed by atoms with Gasteiger partial charge in [-0.3, -0.25) is 0 Å². The van der Waals surface area contributed by atoms with E-state index in [0.717, 1.165) is 5.56 Å². The smallest absolute Gasteiger partial charge is 0.264 e. The topological polar surface area (TPSA) is 47.9 Å². The molecule has 0 spiro atoms. The Balaban J connectivity index is 1.72. The maximum Gasteiger partial charge on any atom is 0.264 e. The second-order valence-corrected chi connectivity index (χ2v) is 15.1. The number of hydrogen-bond donors (Lipinski definition) is 1. The van der Waals surface area contributed by atoms with E-state index in [4.69, 9.17) is 13.9 Å². The van der Waals surface area contributed by atoms with Crippen LogP contribution in [-0.2, 0) is 20.5 Å². The van der Waals surface area contributed by atoms with Gasteiger partial charge in [-0.15, -0.1) is 0 Å². The van der Waals surface area contributed by atoms with Gasteiger partial charge in [0, 0.05) is 5.92 Å². The first-order valence-corrected chi connectivity index (χ1v) is 15.0. The molecule has 5 atom stereocenters. The van der Waals surface area contributed by atoms with Crippen LogP contribution < -0.4 is 10.4 Å². The van der Waals surface area contributed by atoms with Crippen LogP contribution in [0.1, 0.15) is 46.6 Å². The summed E-state index contributed by atoms with van der Waals surface area (Å²) in [7, 11) is -2.82. The Bertz CT molecular complexity index is 1030. The van der Waals surface area contributed by atoms with Gasteiger partial charge in [0.25, 0.3) is 8.32 Å². The van der Waals surface area contributed by atoms with Crippen molar-refractivity contribution in [1.29, 1.82) is 0 Å². The molecule has 2 unspecified atom stereocenters. The van der Waals surface area contributed by atoms with E-state index in [2.05, 4.69) is 76.2 Å². The maximum atomic E-state index is 11.2. The number of aliphatic hydroxyl groups excluding tert-OH is 1. The van der Waals surface area contributed by atoms with Gasteiger partial charge in [0.05, 0.1) is 18.8 Å². The minimum Gasteiger partial charge on any atom is -0.388 e. The molecule has 1 fully saturated rings. The van der Waals surface area contributed by atoms with Gasteiger partial charge in [-0.2, -0.15) is 0 Å². The Kier molecular flexibility index (Phi) is 8.48. The van der Waals surface area contributed by atoms with Crippen LogP contribution in [0.2, 0.25) is 5.04 Å². The predicted molar refractivity (Wildman–Crippen MR) is 148 cm³/mol. The van der Waals surface area contributed by atoms with E-state index in [0.29, 0.717) is 13.0 Å². The highest BCUT2D eigenvalue weighted by Crippen LogP contribution is 2.41. The summed E-state index contributed by atoms with van der Waals surface area (Å²) in [5, 5.41) is 13.4. The summed E-state index contributed by atoms with van der Waals surface area (Å²) in [5.74, 6) is -0.159. The normalized spacial score (nSPS) is 25.0. The van der Waals surface area contributed by atoms with Gasteiger partial charge in [0.1, 0.15) is 6.10 Å². The Labute approximate surface area is 217 Å². The molecule has 0 aromatic heterocycles. The number of benzene rings is 3. The Hall–Kier alpha value is -2.28. The van der Waals surface area contributed by atoms with Crippen LogP contribution in [0, 0.1) is 5.92 Å². The van der Waals surface area contributed by atoms with E-state index in [1.54, 1.807) is 0 Å². The highest BCUT2D eigenvalue weighted by atomic mass is 28.4. The fourth-order valence-corrected chi connectivity index (χ4v) is 10.0. The zero-order valence-electron chi connectivity index (χ0n) is 22.1. The third-order valence-electron chi connectivity index (χ3n) is 7.37. The molecule has 0 saturated carbocycles. The van der Waals surface area contributed by atoms with Crippen molar-refractivity contribution in [2.45, 2.75) is 77.3 Å². The van der Waals surface area contributed by atoms with Crippen molar-refractivity contribution in [2.24, 2.45) is 5.92 Å². The zero-order valence-corrected chi connectivity index (χ0v) is 23.1. The molecular formula is C31H40O4Si. The summed E-state index contributed by atoms with van der Waals surface area (Å²) in [6.45, 7) is 11.4. The molecule has 36 heavy (non-hydrogen) atoms. The minimum absolute atomic E-state index is 0.159. The summed E-state index contributed by atoms with van der Waals surface area (Å²) in [6, 6.07) is 31.3. The molecule has 3 aromatic carbocycles. The molecule has 4 nitrogen and oxygen atoms in total. The summed E-state index contributed by atoms with van der Waals surface area (Å²) >= 11 is 0. The van der Waals surface area contributed by atoms with Gasteiger partial charge in [0.15, 0.2) is 6.29 Å². The van der Waals surface area contributed by atoms with Gasteiger partial charge >= 0.3 is 0 Å². The van der Waals surface area contributed by atoms with Crippen molar-refractivity contribution < 1.29 is 19.0 Å². The molecule has 1 saturated heterocycles. The molecule has 0 radical (unpaired) electrons. The molecule has 3 aromatic rings. The first kappa shape index (κ1) is 26.8. The molecule has 1 N–H and O–H groups in total. The number of hydrogen-bond acceptors (Lipinski definition) is 4. The lowest BCUT2D eigenvalue weighted by Gasteiger charge is -2.50. The second-order valence-electron chi connectivity index (χ2n) is 10.8. The van der Waals surface area contributed by atoms with Crippen molar-refractivity contribution in [1.82, 2.24) is 0 Å². The monoisotopic (exact) mass is 504 g/mol. The van der Waals surface area contributed by atoms with Crippen LogP contribution >= 0.6 is 0 Å². The fourth-order valence-electron chi connectivity index (χ4n) is 5.41. The molecule has 1 aliphatic rings. The van der Waals surface area contributed by atoms with E-state index < -0.39 is 26.8 Å². The lowest BCUT2D eigenvalue weighted by atomic mass is 9.91. The largest absolute Gasteiger partial charge is 0.388 e. The minimum atomic E-state index is -2.82. The van der Waals surface area contributed by atoms with E-state index in [1.165, 1.54) is 10.4 Å². The first-order valence-electron chi connectivity index (χ1n) is 13.1. The van der Waals surface area contributed by atoms with E-state index in [9.17, 15) is 5.11 Å². The highest BCUT2D eigenvalue weighted by molar-refractivity contribution is 6.99. The van der Waals surface area contributed by atoms with Crippen molar-refractivity contribution in [3.63, 3.8) is 0 Å². The van der Waals surface area contributed by atoms with Crippen LogP contribution in [0.15, 0.2) is 91.0 Å². The molecule has 1 heterocycles. The van der Waals surface area contributed by atoms with Crippen molar-refractivity contribution in [3.8, 4) is 0 Å². The summed E-state index contributed by atoms with van der Waals surface area (Å²) in [6.07, 6.45) is -1.30. The zero-order chi connectivity index (χ0) is 25.8. The van der Waals surface area contributed by atoms with Crippen molar-refractivity contribution in [2.75, 3.05) is 0 Å². The van der Waals surface area contributed by atoms with Crippen LogP contribution in [0.5, 0.6) is 0 Å². The molecule has 4 rings (SSSR count). The highest BCUT2D eigenvalue weighted by Gasteiger charge is 2.54. The predicted octanol–water partition coefficient (Wildman–Crippen LogP) is 5.28. The standard InChI is InChI=1S/C31H40O4Si/c1-6-27-28(32)29(33-22-24-16-10-7-11-17-24)23(2)30(34-27)35-36(31(3,4)5,25-18-12-8-13-19-25)26-20-14-9-15-21-26/h7-21,23,27-30,32H,6,22H2,1-5H3/t23?,27?,28-,29+,30+/m1/s1. The SMILES string of the molecule is CCC1O[C@@H](O[Si](c2ccccc2)(c2ccccc2)C(C)(C)C)C(C)[C@H](OCc2ccccc2)[C@@H]1O. The van der Waals surface area contributed by atoms with E-state index in [-0.39, 0.29) is 17.1 Å². The van der Waals surface area contributed by atoms with Crippen LogP contribution in [0.3, 0.4) is 0 Å². The quantitative estimate of drug-likeness (QED) is 0.424. The average Bonchev–Trinajstić information content (AvgIpc) is 2.89. The maximum absolute atomic E-state index is 11.2. The first-order chi connectivity index (χ1) is 17.3. The third-order valence-corrected chi connectivity index (χ3v) is 12.4. The summed E-state index contributed by atoms with van der Waals surface area (Å²) < 4.78 is 20.2. The van der Waals surface area contributed by atoms with Crippen LogP contribution in [0.4, 0.5) is 0 Å². The van der Waals surface area contributed by atoms with E-state index in [1.807, 2.05) is 49.4 Å². The molecule has 5 heteroatoms. The van der Waals surface area contributed by atoms with Crippen LogP contribution in [0.25, 0.3) is 0 Å². The summed E-state index contributed by atoms with van der Waals surface area (Å²) in [4.78, 5) is 0. The Morgan fingerprint density at radius 2 is 1.33 bits per heavy atom. The van der Waals surface area contributed by atoms with Crippen molar-refractivity contribution >= 4 is 18.7 Å². The van der Waals surface area contributed by atoms with Gasteiger partial charge in [-0.1, -0.05) is 126 Å². The molecule has 0 aliphatic carbocycles. The lowest BCUT2D eigenvalue weighted by molar-refractivity contribution is -0.264. The number of ether oxygens (including phenoxy) is 2. The van der Waals surface area contributed by atoms with Crippen LogP contribution in [-0.4, -0.2) is 38.0 Å². The lowest BCUT2D eigenvalue weighted by Crippen LogP contribution is -2.70. The molecular weight excluding hydrogens is 464 g/mol. The second kappa shape index (κ2) is 11.4. The third kappa shape index (κ3) is 5.36. The molecule has 1 aliphatic heterocycles. The van der Waals surface area contributed by atoms with Gasteiger partial charge in [0.2, 0.25) is 0 Å². The van der Waals surface area contributed by atoms with Crippen molar-refractivity contribution in [3.05, 3.63) is 96.6 Å². The number of aliphatic hydroxyl groups is 1. The van der Waals surface area contributed by atoms with Gasteiger partial charge in [-0.25, -0.2) is 0 Å². The fraction of sp³-hybridized carbons (Fsp3) is 0.419. The molecule has 0 amide bonds. The molecule has 0 bridgehead atoms. The van der Waals surface area contributed by atoms with E-state index >= 15 is 0 Å². The van der Waals surface area contributed by atoms with Gasteiger partial charge in [-0.05, 0) is 27.4 Å². The summed E-state index contributed by atoms with van der Waals surface area (Å²) in [5.41, 5.74) is 1.08. The number of rotatable bonds is 8. The Morgan fingerprint density at radius 1 is 0.833 bits per heavy atom. The Morgan fingerprint density at radius 3 is 1.81 bits per heavy atom. The molecule has 192 valence electrons. The average molecular weight is 505 g/mol. The van der Waals surface area contributed by atoms with Gasteiger partial charge < -0.3 is 19.0 Å².